The Morgan fingerprint density at radius 1 is 1.38 bits per heavy atom. The highest BCUT2D eigenvalue weighted by Gasteiger charge is 1.96. The summed E-state index contributed by atoms with van der Waals surface area (Å²) in [7, 11) is 2.15. The quantitative estimate of drug-likeness (QED) is 0.458. The minimum Gasteiger partial charge on any atom is -0.317 e. The Balaban J connectivity index is 3.17. The lowest BCUT2D eigenvalue weighted by molar-refractivity contribution is 0.351. The van der Waals surface area contributed by atoms with Gasteiger partial charge in [-0.3, -0.25) is 0 Å². The molecule has 0 rings (SSSR count). The number of hydrogen-bond donors (Lipinski definition) is 1. The van der Waals surface area contributed by atoms with Crippen LogP contribution in [0.25, 0.3) is 0 Å². The second-order valence-electron chi connectivity index (χ2n) is 3.76. The van der Waals surface area contributed by atoms with Crippen LogP contribution in [0.5, 0.6) is 0 Å². The first-order chi connectivity index (χ1) is 6.16. The Morgan fingerprint density at radius 2 is 2.08 bits per heavy atom. The zero-order valence-corrected chi connectivity index (χ0v) is 9.40. The van der Waals surface area contributed by atoms with E-state index in [1.165, 1.54) is 25.0 Å². The summed E-state index contributed by atoms with van der Waals surface area (Å²) in [4.78, 5) is 2.33. The fourth-order valence-electron chi connectivity index (χ4n) is 1.35. The molecule has 0 amide bonds. The van der Waals surface area contributed by atoms with Gasteiger partial charge in [0.15, 0.2) is 0 Å². The summed E-state index contributed by atoms with van der Waals surface area (Å²) in [5.41, 5.74) is 1.24. The van der Waals surface area contributed by atoms with Gasteiger partial charge in [0.25, 0.3) is 0 Å². The molecule has 0 bridgehead atoms. The summed E-state index contributed by atoms with van der Waals surface area (Å²) < 4.78 is 0. The van der Waals surface area contributed by atoms with E-state index in [4.69, 9.17) is 0 Å². The van der Waals surface area contributed by atoms with E-state index in [0.717, 1.165) is 19.6 Å². The molecule has 0 saturated heterocycles. The van der Waals surface area contributed by atoms with Crippen molar-refractivity contribution in [1.82, 2.24) is 10.2 Å². The smallest absolute Gasteiger partial charge is 0.0184 e. The van der Waals surface area contributed by atoms with Crippen molar-refractivity contribution in [3.05, 3.63) is 12.2 Å². The molecule has 0 aromatic rings. The molecule has 2 heteroatoms. The Labute approximate surface area is 83.0 Å². The molecule has 0 atom stereocenters. The second-order valence-corrected chi connectivity index (χ2v) is 3.76. The van der Waals surface area contributed by atoms with Crippen LogP contribution in [0.15, 0.2) is 12.2 Å². The number of nitrogens with one attached hydrogen (secondary N) is 1. The van der Waals surface area contributed by atoms with Crippen molar-refractivity contribution < 1.29 is 0 Å². The highest BCUT2D eigenvalue weighted by molar-refractivity contribution is 4.90. The SMILES string of the molecule is C=C(C)CN(C)CCCCNCC. The van der Waals surface area contributed by atoms with Crippen LogP contribution in [-0.4, -0.2) is 38.1 Å². The van der Waals surface area contributed by atoms with Crippen molar-refractivity contribution in [2.75, 3.05) is 33.2 Å². The summed E-state index contributed by atoms with van der Waals surface area (Å²) in [6.07, 6.45) is 2.55. The lowest BCUT2D eigenvalue weighted by atomic mass is 10.2. The second kappa shape index (κ2) is 8.27. The molecule has 78 valence electrons. The predicted octanol–water partition coefficient (Wildman–Crippen LogP) is 1.88. The van der Waals surface area contributed by atoms with Gasteiger partial charge >= 0.3 is 0 Å². The standard InChI is InChI=1S/C11H24N2/c1-5-12-8-6-7-9-13(4)10-11(2)3/h12H,2,5-10H2,1,3-4H3. The van der Waals surface area contributed by atoms with Crippen molar-refractivity contribution in [3.63, 3.8) is 0 Å². The van der Waals surface area contributed by atoms with Gasteiger partial charge < -0.3 is 10.2 Å². The van der Waals surface area contributed by atoms with E-state index in [2.05, 4.69) is 37.7 Å². The largest absolute Gasteiger partial charge is 0.317 e. The highest BCUT2D eigenvalue weighted by Crippen LogP contribution is 1.95. The first-order valence-corrected chi connectivity index (χ1v) is 5.20. The molecule has 0 spiro atoms. The third-order valence-electron chi connectivity index (χ3n) is 1.93. The topological polar surface area (TPSA) is 15.3 Å². The maximum Gasteiger partial charge on any atom is 0.0184 e. The molecule has 1 N–H and O–H groups in total. The van der Waals surface area contributed by atoms with Crippen LogP contribution in [0.3, 0.4) is 0 Å². The van der Waals surface area contributed by atoms with Gasteiger partial charge in [-0.05, 0) is 46.4 Å². The van der Waals surface area contributed by atoms with E-state index < -0.39 is 0 Å². The van der Waals surface area contributed by atoms with E-state index >= 15 is 0 Å². The molecule has 0 radical (unpaired) electrons. The number of rotatable bonds is 8. The average molecular weight is 184 g/mol. The molecule has 0 unspecified atom stereocenters. The van der Waals surface area contributed by atoms with Crippen LogP contribution < -0.4 is 5.32 Å². The molecule has 13 heavy (non-hydrogen) atoms. The molecule has 0 aliphatic heterocycles. The van der Waals surface area contributed by atoms with Crippen LogP contribution in [0, 0.1) is 0 Å². The maximum absolute atomic E-state index is 3.90. The Bertz CT molecular complexity index is 132. The van der Waals surface area contributed by atoms with E-state index in [1.807, 2.05) is 0 Å². The predicted molar refractivity (Wildman–Crippen MR) is 60.1 cm³/mol. The Morgan fingerprint density at radius 3 is 2.62 bits per heavy atom. The van der Waals surface area contributed by atoms with Gasteiger partial charge in [-0.15, -0.1) is 0 Å². The molecule has 0 aromatic heterocycles. The van der Waals surface area contributed by atoms with Gasteiger partial charge in [-0.2, -0.15) is 0 Å². The van der Waals surface area contributed by atoms with Gasteiger partial charge in [0.2, 0.25) is 0 Å². The Hall–Kier alpha value is -0.340. The molecule has 0 heterocycles. The average Bonchev–Trinajstić information content (AvgIpc) is 2.02. The van der Waals surface area contributed by atoms with Crippen molar-refractivity contribution in [2.24, 2.45) is 0 Å². The van der Waals surface area contributed by atoms with E-state index in [1.54, 1.807) is 0 Å². The summed E-state index contributed by atoms with van der Waals surface area (Å²) >= 11 is 0. The summed E-state index contributed by atoms with van der Waals surface area (Å²) in [6.45, 7) is 12.6. The first-order valence-electron chi connectivity index (χ1n) is 5.20. The minimum atomic E-state index is 1.03. The third-order valence-corrected chi connectivity index (χ3v) is 1.93. The van der Waals surface area contributed by atoms with E-state index in [0.29, 0.717) is 0 Å². The maximum atomic E-state index is 3.90. The normalized spacial score (nSPS) is 10.8. The minimum absolute atomic E-state index is 1.03. The summed E-state index contributed by atoms with van der Waals surface area (Å²) in [5, 5.41) is 3.33. The molecular weight excluding hydrogens is 160 g/mol. The number of nitrogens with zero attached hydrogens (tertiary/aromatic N) is 1. The fraction of sp³-hybridized carbons (Fsp3) is 0.818. The van der Waals surface area contributed by atoms with E-state index in [9.17, 15) is 0 Å². The first kappa shape index (κ1) is 12.7. The highest BCUT2D eigenvalue weighted by atomic mass is 15.1. The van der Waals surface area contributed by atoms with Crippen molar-refractivity contribution in [3.8, 4) is 0 Å². The summed E-state index contributed by atoms with van der Waals surface area (Å²) in [5.74, 6) is 0. The molecule has 0 saturated carbocycles. The van der Waals surface area contributed by atoms with Crippen molar-refractivity contribution >= 4 is 0 Å². The molecule has 0 aliphatic carbocycles. The number of hydrogen-bond acceptors (Lipinski definition) is 2. The molecule has 0 fully saturated rings. The van der Waals surface area contributed by atoms with Gasteiger partial charge in [-0.1, -0.05) is 19.1 Å². The molecule has 0 aliphatic rings. The van der Waals surface area contributed by atoms with Gasteiger partial charge in [0.05, 0.1) is 0 Å². The fourth-order valence-corrected chi connectivity index (χ4v) is 1.35. The number of unbranched alkanes of at least 4 members (excludes halogenated alkanes) is 1. The number of likely N-dealkylation sites (N-methyl/N-ethyl adjacent to an activating group) is 1. The van der Waals surface area contributed by atoms with Crippen LogP contribution in [-0.2, 0) is 0 Å². The van der Waals surface area contributed by atoms with Gasteiger partial charge in [0, 0.05) is 6.54 Å². The van der Waals surface area contributed by atoms with Crippen molar-refractivity contribution in [1.29, 1.82) is 0 Å². The lowest BCUT2D eigenvalue weighted by Gasteiger charge is -2.16. The lowest BCUT2D eigenvalue weighted by Crippen LogP contribution is -2.22. The van der Waals surface area contributed by atoms with Crippen molar-refractivity contribution in [2.45, 2.75) is 26.7 Å². The summed E-state index contributed by atoms with van der Waals surface area (Å²) in [6, 6.07) is 0. The van der Waals surface area contributed by atoms with Crippen LogP contribution in [0.2, 0.25) is 0 Å². The van der Waals surface area contributed by atoms with Crippen LogP contribution >= 0.6 is 0 Å². The van der Waals surface area contributed by atoms with Gasteiger partial charge in [-0.25, -0.2) is 0 Å². The van der Waals surface area contributed by atoms with Gasteiger partial charge in [0.1, 0.15) is 0 Å². The molecule has 0 aromatic carbocycles. The Kier molecular flexibility index (Phi) is 8.05. The van der Waals surface area contributed by atoms with E-state index in [-0.39, 0.29) is 0 Å². The zero-order chi connectivity index (χ0) is 10.1. The molecular formula is C11H24N2. The zero-order valence-electron chi connectivity index (χ0n) is 9.40. The van der Waals surface area contributed by atoms with Crippen LogP contribution in [0.1, 0.15) is 26.7 Å². The molecule has 2 nitrogen and oxygen atoms in total. The monoisotopic (exact) mass is 184 g/mol. The van der Waals surface area contributed by atoms with Crippen LogP contribution in [0.4, 0.5) is 0 Å². The third kappa shape index (κ3) is 9.57.